The molecule has 4 heteroatoms. The second-order valence-electron chi connectivity index (χ2n) is 2.43. The second kappa shape index (κ2) is 2.71. The van der Waals surface area contributed by atoms with Crippen LogP contribution in [0.3, 0.4) is 0 Å². The summed E-state index contributed by atoms with van der Waals surface area (Å²) in [6.45, 7) is 0. The Bertz CT molecular complexity index is 428. The Morgan fingerprint density at radius 1 is 1.42 bits per heavy atom. The van der Waals surface area contributed by atoms with Crippen molar-refractivity contribution in [2.24, 2.45) is 0 Å². The molecule has 0 aromatic carbocycles. The Labute approximate surface area is 77.8 Å². The van der Waals surface area contributed by atoms with Gasteiger partial charge in [-0.3, -0.25) is 4.98 Å². The maximum absolute atomic E-state index is 5.56. The van der Waals surface area contributed by atoms with Crippen LogP contribution in [-0.2, 0) is 0 Å². The average molecular weight is 224 g/mol. The topological polar surface area (TPSA) is 51.8 Å². The lowest BCUT2D eigenvalue weighted by molar-refractivity contribution is 1.30. The fraction of sp³-hybridized carbons (Fsp3) is 0. The van der Waals surface area contributed by atoms with E-state index < -0.39 is 0 Å². The molecule has 0 aliphatic carbocycles. The van der Waals surface area contributed by atoms with Crippen LogP contribution >= 0.6 is 15.9 Å². The Hall–Kier alpha value is -1.16. The van der Waals surface area contributed by atoms with E-state index >= 15 is 0 Å². The zero-order chi connectivity index (χ0) is 8.55. The van der Waals surface area contributed by atoms with Crippen molar-refractivity contribution in [2.45, 2.75) is 0 Å². The molecule has 0 spiro atoms. The summed E-state index contributed by atoms with van der Waals surface area (Å²) in [6.07, 6.45) is 3.49. The first-order valence-corrected chi connectivity index (χ1v) is 4.22. The van der Waals surface area contributed by atoms with E-state index in [2.05, 4.69) is 25.9 Å². The molecule has 2 heterocycles. The molecule has 3 nitrogen and oxygen atoms in total. The first kappa shape index (κ1) is 7.49. The molecular formula is C8H6BrN3. The molecule has 60 valence electrons. The van der Waals surface area contributed by atoms with Crippen LogP contribution < -0.4 is 5.73 Å². The van der Waals surface area contributed by atoms with Crippen LogP contribution in [0.5, 0.6) is 0 Å². The van der Waals surface area contributed by atoms with Crippen LogP contribution in [0.2, 0.25) is 0 Å². The highest BCUT2D eigenvalue weighted by atomic mass is 79.9. The summed E-state index contributed by atoms with van der Waals surface area (Å²) in [4.78, 5) is 8.06. The monoisotopic (exact) mass is 223 g/mol. The lowest BCUT2D eigenvalue weighted by atomic mass is 10.2. The third kappa shape index (κ3) is 1.14. The molecule has 0 amide bonds. The van der Waals surface area contributed by atoms with Crippen LogP contribution in [0.25, 0.3) is 10.8 Å². The molecule has 2 aromatic rings. The number of anilines is 1. The number of pyridine rings is 2. The Kier molecular flexibility index (Phi) is 1.69. The predicted molar refractivity (Wildman–Crippen MR) is 51.7 cm³/mol. The Balaban J connectivity index is 2.89. The van der Waals surface area contributed by atoms with Gasteiger partial charge in [-0.15, -0.1) is 0 Å². The highest BCUT2D eigenvalue weighted by Gasteiger charge is 1.99. The van der Waals surface area contributed by atoms with Crippen molar-refractivity contribution < 1.29 is 0 Å². The van der Waals surface area contributed by atoms with Gasteiger partial charge in [-0.25, -0.2) is 4.98 Å². The number of rotatable bonds is 0. The SMILES string of the molecule is Nc1cc2cnccc2c(Br)n1. The van der Waals surface area contributed by atoms with Gasteiger partial charge in [0.15, 0.2) is 0 Å². The minimum absolute atomic E-state index is 0.502. The van der Waals surface area contributed by atoms with Crippen molar-refractivity contribution >= 4 is 32.5 Å². The predicted octanol–water partition coefficient (Wildman–Crippen LogP) is 1.97. The number of halogens is 1. The lowest BCUT2D eigenvalue weighted by Gasteiger charge is -1.99. The molecule has 0 bridgehead atoms. The molecular weight excluding hydrogens is 218 g/mol. The van der Waals surface area contributed by atoms with Crippen molar-refractivity contribution in [3.63, 3.8) is 0 Å². The summed E-state index contributed by atoms with van der Waals surface area (Å²) in [7, 11) is 0. The second-order valence-corrected chi connectivity index (χ2v) is 3.19. The molecule has 0 saturated carbocycles. The molecule has 2 rings (SSSR count). The molecule has 2 N–H and O–H groups in total. The van der Waals surface area contributed by atoms with Crippen LogP contribution in [0.1, 0.15) is 0 Å². The number of nitrogens with two attached hydrogens (primary N) is 1. The quantitative estimate of drug-likeness (QED) is 0.696. The molecule has 0 aliphatic heterocycles. The van der Waals surface area contributed by atoms with Gasteiger partial charge in [-0.05, 0) is 28.1 Å². The van der Waals surface area contributed by atoms with Gasteiger partial charge in [0.25, 0.3) is 0 Å². The van der Waals surface area contributed by atoms with E-state index in [9.17, 15) is 0 Å². The normalized spacial score (nSPS) is 10.4. The number of hydrogen-bond donors (Lipinski definition) is 1. The van der Waals surface area contributed by atoms with E-state index in [4.69, 9.17) is 5.73 Å². The maximum Gasteiger partial charge on any atom is 0.125 e. The zero-order valence-corrected chi connectivity index (χ0v) is 7.75. The van der Waals surface area contributed by atoms with E-state index in [1.165, 1.54) is 0 Å². The summed E-state index contributed by atoms with van der Waals surface area (Å²) in [5.41, 5.74) is 5.56. The smallest absolute Gasteiger partial charge is 0.125 e. The summed E-state index contributed by atoms with van der Waals surface area (Å²) in [5.74, 6) is 0.502. The van der Waals surface area contributed by atoms with Crippen molar-refractivity contribution in [1.29, 1.82) is 0 Å². The number of aromatic nitrogens is 2. The van der Waals surface area contributed by atoms with Gasteiger partial charge in [-0.2, -0.15) is 0 Å². The first-order chi connectivity index (χ1) is 5.77. The van der Waals surface area contributed by atoms with Gasteiger partial charge >= 0.3 is 0 Å². The Morgan fingerprint density at radius 3 is 3.08 bits per heavy atom. The fourth-order valence-corrected chi connectivity index (χ4v) is 1.64. The van der Waals surface area contributed by atoms with E-state index in [1.54, 1.807) is 18.5 Å². The fourth-order valence-electron chi connectivity index (χ4n) is 1.07. The summed E-state index contributed by atoms with van der Waals surface area (Å²) >= 11 is 3.33. The molecule has 0 fully saturated rings. The third-order valence-electron chi connectivity index (χ3n) is 1.60. The van der Waals surface area contributed by atoms with Crippen LogP contribution in [0.15, 0.2) is 29.1 Å². The molecule has 2 aromatic heterocycles. The largest absolute Gasteiger partial charge is 0.384 e. The van der Waals surface area contributed by atoms with Gasteiger partial charge in [0.1, 0.15) is 10.4 Å². The van der Waals surface area contributed by atoms with Gasteiger partial charge in [0.05, 0.1) is 0 Å². The lowest BCUT2D eigenvalue weighted by Crippen LogP contribution is -1.90. The van der Waals surface area contributed by atoms with Crippen molar-refractivity contribution in [3.05, 3.63) is 29.1 Å². The number of nitrogens with zero attached hydrogens (tertiary/aromatic N) is 2. The molecule has 12 heavy (non-hydrogen) atoms. The number of fused-ring (bicyclic) bond motifs is 1. The summed E-state index contributed by atoms with van der Waals surface area (Å²) in [5, 5.41) is 2.02. The third-order valence-corrected chi connectivity index (χ3v) is 2.21. The number of nitrogen functional groups attached to an aromatic ring is 1. The molecule has 0 atom stereocenters. The van der Waals surface area contributed by atoms with E-state index in [0.29, 0.717) is 5.82 Å². The van der Waals surface area contributed by atoms with E-state index in [1.807, 2.05) is 6.07 Å². The maximum atomic E-state index is 5.56. The van der Waals surface area contributed by atoms with E-state index in [-0.39, 0.29) is 0 Å². The summed E-state index contributed by atoms with van der Waals surface area (Å²) < 4.78 is 0.764. The molecule has 0 aliphatic rings. The molecule has 0 saturated heterocycles. The molecule has 0 radical (unpaired) electrons. The van der Waals surface area contributed by atoms with Gasteiger partial charge in [-0.1, -0.05) is 0 Å². The molecule has 0 unspecified atom stereocenters. The van der Waals surface area contributed by atoms with Gasteiger partial charge < -0.3 is 5.73 Å². The van der Waals surface area contributed by atoms with E-state index in [0.717, 1.165) is 15.4 Å². The summed E-state index contributed by atoms with van der Waals surface area (Å²) in [6, 6.07) is 3.69. The van der Waals surface area contributed by atoms with Crippen LogP contribution in [0.4, 0.5) is 5.82 Å². The average Bonchev–Trinajstić information content (AvgIpc) is 2.04. The minimum Gasteiger partial charge on any atom is -0.384 e. The van der Waals surface area contributed by atoms with Gasteiger partial charge in [0, 0.05) is 23.2 Å². The minimum atomic E-state index is 0.502. The zero-order valence-electron chi connectivity index (χ0n) is 6.16. The van der Waals surface area contributed by atoms with Gasteiger partial charge in [0.2, 0.25) is 0 Å². The standard InChI is InChI=1S/C8H6BrN3/c9-8-6-1-2-11-4-5(6)3-7(10)12-8/h1-4H,(H2,10,12). The Morgan fingerprint density at radius 2 is 2.25 bits per heavy atom. The van der Waals surface area contributed by atoms with Crippen molar-refractivity contribution in [3.8, 4) is 0 Å². The van der Waals surface area contributed by atoms with Crippen LogP contribution in [-0.4, -0.2) is 9.97 Å². The van der Waals surface area contributed by atoms with Crippen LogP contribution in [0, 0.1) is 0 Å². The van der Waals surface area contributed by atoms with Crippen molar-refractivity contribution in [2.75, 3.05) is 5.73 Å². The number of hydrogen-bond acceptors (Lipinski definition) is 3. The highest BCUT2D eigenvalue weighted by molar-refractivity contribution is 9.10. The highest BCUT2D eigenvalue weighted by Crippen LogP contribution is 2.22. The first-order valence-electron chi connectivity index (χ1n) is 3.43. The van der Waals surface area contributed by atoms with Crippen molar-refractivity contribution in [1.82, 2.24) is 9.97 Å².